The van der Waals surface area contributed by atoms with Crippen LogP contribution in [-0.2, 0) is 16.0 Å². The molecule has 1 aromatic heterocycles. The Balaban J connectivity index is 0.00000300. The smallest absolute Gasteiger partial charge is 0.212 e. The number of halogens is 1. The summed E-state index contributed by atoms with van der Waals surface area (Å²) in [6, 6.07) is 3.88. The molecule has 0 bridgehead atoms. The topological polar surface area (TPSA) is 68.2 Å². The Bertz CT molecular complexity index is 600. The summed E-state index contributed by atoms with van der Waals surface area (Å²) in [6.07, 6.45) is 8.09. The van der Waals surface area contributed by atoms with Gasteiger partial charge in [-0.2, -0.15) is 0 Å². The minimum absolute atomic E-state index is 0. The zero-order valence-electron chi connectivity index (χ0n) is 17.6. The fourth-order valence-electron chi connectivity index (χ4n) is 3.63. The second kappa shape index (κ2) is 13.2. The Kier molecular flexibility index (Phi) is 11.0. The summed E-state index contributed by atoms with van der Waals surface area (Å²) in [6.45, 7) is 7.11. The first-order valence-corrected chi connectivity index (χ1v) is 10.5. The average Bonchev–Trinajstić information content (AvgIpc) is 2.77. The van der Waals surface area contributed by atoms with Crippen LogP contribution in [0.5, 0.6) is 5.88 Å². The van der Waals surface area contributed by atoms with E-state index in [9.17, 15) is 0 Å². The predicted molar refractivity (Wildman–Crippen MR) is 125 cm³/mol. The van der Waals surface area contributed by atoms with Crippen molar-refractivity contribution < 1.29 is 14.2 Å². The molecule has 29 heavy (non-hydrogen) atoms. The number of hydrogen-bond donors (Lipinski definition) is 1. The average molecular weight is 518 g/mol. The van der Waals surface area contributed by atoms with Crippen LogP contribution in [0.4, 0.5) is 0 Å². The number of aromatic nitrogens is 1. The standard InChI is InChI=1S/C21H34N4O3.HI/c1-3-22-21(24-15-17-7-8-20(26-2)23-14-17)25-11-9-18(10-12-25)28-16-19-6-4-5-13-27-19;/h7-8,14,18-19H,3-6,9-13,15-16H2,1-2H3,(H,22,24);1H. The van der Waals surface area contributed by atoms with Crippen LogP contribution in [-0.4, -0.2) is 68.0 Å². The lowest BCUT2D eigenvalue weighted by molar-refractivity contribution is -0.0721. The van der Waals surface area contributed by atoms with E-state index in [2.05, 4.69) is 22.1 Å². The summed E-state index contributed by atoms with van der Waals surface area (Å²) < 4.78 is 17.0. The number of piperidine rings is 1. The third-order valence-electron chi connectivity index (χ3n) is 5.29. The molecule has 2 aliphatic heterocycles. The molecule has 2 saturated heterocycles. The number of nitrogens with one attached hydrogen (secondary N) is 1. The van der Waals surface area contributed by atoms with E-state index in [1.165, 1.54) is 12.8 Å². The molecule has 164 valence electrons. The Morgan fingerprint density at radius 1 is 1.28 bits per heavy atom. The highest BCUT2D eigenvalue weighted by Crippen LogP contribution is 2.18. The molecule has 0 saturated carbocycles. The number of aliphatic imine (C=N–C) groups is 1. The Hall–Kier alpha value is -1.13. The molecule has 7 nitrogen and oxygen atoms in total. The molecule has 0 aromatic carbocycles. The fraction of sp³-hybridized carbons (Fsp3) is 0.714. The van der Waals surface area contributed by atoms with Crippen LogP contribution in [0, 0.1) is 0 Å². The highest BCUT2D eigenvalue weighted by atomic mass is 127. The van der Waals surface area contributed by atoms with Crippen LogP contribution in [0.1, 0.15) is 44.6 Å². The quantitative estimate of drug-likeness (QED) is 0.340. The van der Waals surface area contributed by atoms with Crippen molar-refractivity contribution >= 4 is 29.9 Å². The Morgan fingerprint density at radius 3 is 2.72 bits per heavy atom. The molecular formula is C21H35IN4O3. The van der Waals surface area contributed by atoms with E-state index in [0.29, 0.717) is 24.6 Å². The SMILES string of the molecule is CCNC(=NCc1ccc(OC)nc1)N1CCC(OCC2CCCCO2)CC1.I. The zero-order valence-corrected chi connectivity index (χ0v) is 20.0. The molecule has 3 rings (SSSR count). The van der Waals surface area contributed by atoms with E-state index < -0.39 is 0 Å². The van der Waals surface area contributed by atoms with Gasteiger partial charge in [-0.25, -0.2) is 9.98 Å². The van der Waals surface area contributed by atoms with Gasteiger partial charge in [0, 0.05) is 38.5 Å². The van der Waals surface area contributed by atoms with Crippen molar-refractivity contribution in [2.45, 2.75) is 57.8 Å². The molecule has 1 unspecified atom stereocenters. The van der Waals surface area contributed by atoms with Crippen molar-refractivity contribution in [2.75, 3.05) is 40.0 Å². The number of hydrogen-bond acceptors (Lipinski definition) is 5. The second-order valence-corrected chi connectivity index (χ2v) is 7.39. The first kappa shape index (κ1) is 24.1. The van der Waals surface area contributed by atoms with E-state index in [4.69, 9.17) is 19.2 Å². The van der Waals surface area contributed by atoms with Gasteiger partial charge in [0.25, 0.3) is 0 Å². The summed E-state index contributed by atoms with van der Waals surface area (Å²) in [4.78, 5) is 11.4. The van der Waals surface area contributed by atoms with Crippen molar-refractivity contribution in [2.24, 2.45) is 4.99 Å². The number of likely N-dealkylation sites (tertiary alicyclic amines) is 1. The van der Waals surface area contributed by atoms with Crippen molar-refractivity contribution in [3.63, 3.8) is 0 Å². The Morgan fingerprint density at radius 2 is 2.10 bits per heavy atom. The minimum atomic E-state index is 0. The van der Waals surface area contributed by atoms with Crippen LogP contribution in [0.3, 0.4) is 0 Å². The highest BCUT2D eigenvalue weighted by molar-refractivity contribution is 14.0. The predicted octanol–water partition coefficient (Wildman–Crippen LogP) is 3.22. The molecule has 0 amide bonds. The number of nitrogens with zero attached hydrogens (tertiary/aromatic N) is 3. The zero-order chi connectivity index (χ0) is 19.6. The highest BCUT2D eigenvalue weighted by Gasteiger charge is 2.23. The van der Waals surface area contributed by atoms with E-state index in [1.54, 1.807) is 7.11 Å². The summed E-state index contributed by atoms with van der Waals surface area (Å²) in [5.74, 6) is 1.59. The van der Waals surface area contributed by atoms with Crippen LogP contribution in [0.25, 0.3) is 0 Å². The molecule has 1 N–H and O–H groups in total. The second-order valence-electron chi connectivity index (χ2n) is 7.39. The van der Waals surface area contributed by atoms with Gasteiger partial charge in [-0.1, -0.05) is 6.07 Å². The maximum absolute atomic E-state index is 6.13. The molecule has 2 aliphatic rings. The molecular weight excluding hydrogens is 483 g/mol. The van der Waals surface area contributed by atoms with Gasteiger partial charge in [-0.05, 0) is 44.6 Å². The summed E-state index contributed by atoms with van der Waals surface area (Å²) in [7, 11) is 1.62. The number of guanidine groups is 1. The molecule has 0 radical (unpaired) electrons. The van der Waals surface area contributed by atoms with E-state index in [-0.39, 0.29) is 24.0 Å². The van der Waals surface area contributed by atoms with Gasteiger partial charge in [0.05, 0.1) is 32.5 Å². The van der Waals surface area contributed by atoms with Gasteiger partial charge >= 0.3 is 0 Å². The van der Waals surface area contributed by atoms with Crippen molar-refractivity contribution in [3.05, 3.63) is 23.9 Å². The number of pyridine rings is 1. The lowest BCUT2D eigenvalue weighted by Gasteiger charge is -2.35. The molecule has 2 fully saturated rings. The maximum Gasteiger partial charge on any atom is 0.212 e. The molecule has 0 aliphatic carbocycles. The van der Waals surface area contributed by atoms with Crippen molar-refractivity contribution in [3.8, 4) is 5.88 Å². The third-order valence-corrected chi connectivity index (χ3v) is 5.29. The van der Waals surface area contributed by atoms with Gasteiger partial charge in [-0.15, -0.1) is 24.0 Å². The first-order chi connectivity index (χ1) is 13.8. The lowest BCUT2D eigenvalue weighted by atomic mass is 10.1. The number of ether oxygens (including phenoxy) is 3. The van der Waals surface area contributed by atoms with Crippen LogP contribution >= 0.6 is 24.0 Å². The number of methoxy groups -OCH3 is 1. The summed E-state index contributed by atoms with van der Waals surface area (Å²) in [5, 5.41) is 3.41. The first-order valence-electron chi connectivity index (χ1n) is 10.5. The molecule has 0 spiro atoms. The van der Waals surface area contributed by atoms with Crippen LogP contribution < -0.4 is 10.1 Å². The molecule has 1 aromatic rings. The van der Waals surface area contributed by atoms with E-state index in [0.717, 1.165) is 63.6 Å². The molecule has 3 heterocycles. The van der Waals surface area contributed by atoms with Crippen LogP contribution in [0.2, 0.25) is 0 Å². The Labute approximate surface area is 191 Å². The molecule has 1 atom stereocenters. The van der Waals surface area contributed by atoms with Gasteiger partial charge in [-0.3, -0.25) is 0 Å². The largest absolute Gasteiger partial charge is 0.481 e. The van der Waals surface area contributed by atoms with E-state index in [1.807, 2.05) is 18.3 Å². The monoisotopic (exact) mass is 518 g/mol. The van der Waals surface area contributed by atoms with Gasteiger partial charge < -0.3 is 24.4 Å². The van der Waals surface area contributed by atoms with Gasteiger partial charge in [0.15, 0.2) is 5.96 Å². The van der Waals surface area contributed by atoms with Gasteiger partial charge in [0.1, 0.15) is 0 Å². The number of rotatable bonds is 7. The summed E-state index contributed by atoms with van der Waals surface area (Å²) >= 11 is 0. The lowest BCUT2D eigenvalue weighted by Crippen LogP contribution is -2.47. The van der Waals surface area contributed by atoms with Crippen molar-refractivity contribution in [1.82, 2.24) is 15.2 Å². The van der Waals surface area contributed by atoms with Crippen molar-refractivity contribution in [1.29, 1.82) is 0 Å². The molecule has 8 heteroatoms. The van der Waals surface area contributed by atoms with E-state index >= 15 is 0 Å². The normalized spacial score (nSPS) is 20.8. The van der Waals surface area contributed by atoms with Gasteiger partial charge in [0.2, 0.25) is 5.88 Å². The maximum atomic E-state index is 6.13. The minimum Gasteiger partial charge on any atom is -0.481 e. The third kappa shape index (κ3) is 7.90. The fourth-order valence-corrected chi connectivity index (χ4v) is 3.63. The summed E-state index contributed by atoms with van der Waals surface area (Å²) in [5.41, 5.74) is 1.07. The van der Waals surface area contributed by atoms with Crippen LogP contribution in [0.15, 0.2) is 23.3 Å².